The number of carbonyl (C=O) groups is 1. The number of halogens is 1. The fourth-order valence-electron chi connectivity index (χ4n) is 3.12. The van der Waals surface area contributed by atoms with Gasteiger partial charge in [-0.2, -0.15) is 0 Å². The Morgan fingerprint density at radius 1 is 1.28 bits per heavy atom. The molecule has 0 atom stereocenters. The first-order chi connectivity index (χ1) is 12.1. The molecular formula is C19H20ClNO4. The normalized spacial score (nSPS) is 13.0. The number of carboxylic acid groups (broad SMARTS) is 1. The van der Waals surface area contributed by atoms with E-state index in [1.807, 2.05) is 18.2 Å². The van der Waals surface area contributed by atoms with Crippen molar-refractivity contribution < 1.29 is 19.4 Å². The maximum atomic E-state index is 11.4. The predicted octanol–water partition coefficient (Wildman–Crippen LogP) is 3.63. The summed E-state index contributed by atoms with van der Waals surface area (Å²) in [6.45, 7) is 2.35. The van der Waals surface area contributed by atoms with Gasteiger partial charge in [-0.05, 0) is 42.3 Å². The number of rotatable bonds is 7. The lowest BCUT2D eigenvalue weighted by atomic mass is 10.1. The zero-order valence-electron chi connectivity index (χ0n) is 14.0. The fourth-order valence-corrected chi connectivity index (χ4v) is 3.31. The van der Waals surface area contributed by atoms with E-state index in [4.69, 9.17) is 21.1 Å². The van der Waals surface area contributed by atoms with E-state index in [-0.39, 0.29) is 0 Å². The second-order valence-electron chi connectivity index (χ2n) is 5.87. The standard InChI is InChI=1S/C19H20ClNO4/c1-24-9-10-25-18-6-5-14(20)11-13(18)12-21-8-7-15-16(19(22)23)3-2-4-17(15)21/h2-6,11H,7-10,12H2,1H3,(H,22,23). The molecule has 1 aliphatic rings. The molecule has 0 saturated heterocycles. The van der Waals surface area contributed by atoms with Crippen molar-refractivity contribution in [2.45, 2.75) is 13.0 Å². The summed E-state index contributed by atoms with van der Waals surface area (Å²) in [5.74, 6) is -0.116. The summed E-state index contributed by atoms with van der Waals surface area (Å²) in [5.41, 5.74) is 3.20. The molecule has 0 bridgehead atoms. The van der Waals surface area contributed by atoms with E-state index in [1.54, 1.807) is 25.3 Å². The van der Waals surface area contributed by atoms with Gasteiger partial charge in [-0.25, -0.2) is 4.79 Å². The maximum Gasteiger partial charge on any atom is 0.336 e. The van der Waals surface area contributed by atoms with Gasteiger partial charge in [0.15, 0.2) is 0 Å². The van der Waals surface area contributed by atoms with Crippen LogP contribution in [0.15, 0.2) is 36.4 Å². The van der Waals surface area contributed by atoms with Crippen LogP contribution in [0.2, 0.25) is 5.02 Å². The average Bonchev–Trinajstić information content (AvgIpc) is 3.00. The van der Waals surface area contributed by atoms with Crippen LogP contribution in [0, 0.1) is 0 Å². The molecule has 0 aliphatic carbocycles. The zero-order valence-corrected chi connectivity index (χ0v) is 14.8. The fraction of sp³-hybridized carbons (Fsp3) is 0.316. The third-order valence-electron chi connectivity index (χ3n) is 4.28. The number of methoxy groups -OCH3 is 1. The summed E-state index contributed by atoms with van der Waals surface area (Å²) in [5, 5.41) is 10.0. The number of hydrogen-bond donors (Lipinski definition) is 1. The lowest BCUT2D eigenvalue weighted by Crippen LogP contribution is -2.20. The van der Waals surface area contributed by atoms with Gasteiger partial charge in [0.25, 0.3) is 0 Å². The average molecular weight is 362 g/mol. The minimum Gasteiger partial charge on any atom is -0.491 e. The van der Waals surface area contributed by atoms with Crippen molar-refractivity contribution >= 4 is 23.3 Å². The van der Waals surface area contributed by atoms with Gasteiger partial charge < -0.3 is 19.5 Å². The highest BCUT2D eigenvalue weighted by Crippen LogP contribution is 2.34. The number of benzene rings is 2. The summed E-state index contributed by atoms with van der Waals surface area (Å²) in [7, 11) is 1.63. The molecule has 1 heterocycles. The molecule has 25 heavy (non-hydrogen) atoms. The second kappa shape index (κ2) is 7.76. The molecular weight excluding hydrogens is 342 g/mol. The first kappa shape index (κ1) is 17.6. The van der Waals surface area contributed by atoms with Gasteiger partial charge in [-0.15, -0.1) is 0 Å². The van der Waals surface area contributed by atoms with E-state index in [9.17, 15) is 9.90 Å². The lowest BCUT2D eigenvalue weighted by molar-refractivity contribution is 0.0696. The summed E-state index contributed by atoms with van der Waals surface area (Å²) in [6, 6.07) is 11.0. The molecule has 2 aromatic rings. The summed E-state index contributed by atoms with van der Waals surface area (Å²) >= 11 is 6.15. The molecule has 0 saturated carbocycles. The number of nitrogens with zero attached hydrogens (tertiary/aromatic N) is 1. The SMILES string of the molecule is COCCOc1ccc(Cl)cc1CN1CCc2c(C(=O)O)cccc21. The molecule has 2 aromatic carbocycles. The third kappa shape index (κ3) is 3.89. The Labute approximate surface area is 151 Å². The van der Waals surface area contributed by atoms with Crippen molar-refractivity contribution in [1.29, 1.82) is 0 Å². The predicted molar refractivity (Wildman–Crippen MR) is 97.0 cm³/mol. The molecule has 5 nitrogen and oxygen atoms in total. The van der Waals surface area contributed by atoms with E-state index in [0.717, 1.165) is 35.5 Å². The Hall–Kier alpha value is -2.24. The van der Waals surface area contributed by atoms with Gasteiger partial charge in [-0.1, -0.05) is 17.7 Å². The Balaban J connectivity index is 1.84. The zero-order chi connectivity index (χ0) is 17.8. The van der Waals surface area contributed by atoms with Crippen LogP contribution in [-0.2, 0) is 17.7 Å². The molecule has 0 amide bonds. The molecule has 1 aliphatic heterocycles. The summed E-state index contributed by atoms with van der Waals surface area (Å²) in [6.07, 6.45) is 0.720. The van der Waals surface area contributed by atoms with Crippen molar-refractivity contribution in [3.63, 3.8) is 0 Å². The van der Waals surface area contributed by atoms with Crippen LogP contribution in [0.4, 0.5) is 5.69 Å². The molecule has 0 unspecified atom stereocenters. The Morgan fingerprint density at radius 3 is 2.88 bits per heavy atom. The number of ether oxygens (including phenoxy) is 2. The van der Waals surface area contributed by atoms with Crippen molar-refractivity contribution in [1.82, 2.24) is 0 Å². The number of aromatic carboxylic acids is 1. The molecule has 132 valence electrons. The smallest absolute Gasteiger partial charge is 0.336 e. The van der Waals surface area contributed by atoms with Crippen LogP contribution in [0.1, 0.15) is 21.5 Å². The lowest BCUT2D eigenvalue weighted by Gasteiger charge is -2.21. The van der Waals surface area contributed by atoms with Crippen LogP contribution in [0.3, 0.4) is 0 Å². The Kier molecular flexibility index (Phi) is 5.46. The highest BCUT2D eigenvalue weighted by molar-refractivity contribution is 6.30. The molecule has 0 aromatic heterocycles. The monoisotopic (exact) mass is 361 g/mol. The van der Waals surface area contributed by atoms with E-state index < -0.39 is 5.97 Å². The number of fused-ring (bicyclic) bond motifs is 1. The minimum absolute atomic E-state index is 0.377. The van der Waals surface area contributed by atoms with Crippen molar-refractivity contribution in [2.75, 3.05) is 31.8 Å². The van der Waals surface area contributed by atoms with Gasteiger partial charge in [0, 0.05) is 36.5 Å². The minimum atomic E-state index is -0.884. The largest absolute Gasteiger partial charge is 0.491 e. The van der Waals surface area contributed by atoms with Gasteiger partial charge in [0.2, 0.25) is 0 Å². The summed E-state index contributed by atoms with van der Waals surface area (Å²) < 4.78 is 10.8. The molecule has 0 spiro atoms. The van der Waals surface area contributed by atoms with Crippen LogP contribution in [-0.4, -0.2) is 37.9 Å². The molecule has 3 rings (SSSR count). The van der Waals surface area contributed by atoms with Gasteiger partial charge in [0.05, 0.1) is 12.2 Å². The quantitative estimate of drug-likeness (QED) is 0.763. The van der Waals surface area contributed by atoms with E-state index >= 15 is 0 Å². The highest BCUT2D eigenvalue weighted by Gasteiger charge is 2.24. The van der Waals surface area contributed by atoms with Gasteiger partial charge in [0.1, 0.15) is 12.4 Å². The number of hydrogen-bond acceptors (Lipinski definition) is 4. The van der Waals surface area contributed by atoms with Gasteiger partial charge >= 0.3 is 5.97 Å². The third-order valence-corrected chi connectivity index (χ3v) is 4.52. The number of carboxylic acids is 1. The Morgan fingerprint density at radius 2 is 2.12 bits per heavy atom. The Bertz CT molecular complexity index is 778. The van der Waals surface area contributed by atoms with Crippen LogP contribution >= 0.6 is 11.6 Å². The maximum absolute atomic E-state index is 11.4. The van der Waals surface area contributed by atoms with Crippen LogP contribution < -0.4 is 9.64 Å². The van der Waals surface area contributed by atoms with Crippen LogP contribution in [0.5, 0.6) is 5.75 Å². The number of anilines is 1. The molecule has 6 heteroatoms. The van der Waals surface area contributed by atoms with Crippen molar-refractivity contribution in [2.24, 2.45) is 0 Å². The topological polar surface area (TPSA) is 59.0 Å². The van der Waals surface area contributed by atoms with E-state index in [1.165, 1.54) is 0 Å². The second-order valence-corrected chi connectivity index (χ2v) is 6.31. The van der Waals surface area contributed by atoms with E-state index in [2.05, 4.69) is 4.90 Å². The van der Waals surface area contributed by atoms with Crippen LogP contribution in [0.25, 0.3) is 0 Å². The van der Waals surface area contributed by atoms with Crippen molar-refractivity contribution in [3.05, 3.63) is 58.1 Å². The molecule has 0 fully saturated rings. The first-order valence-electron chi connectivity index (χ1n) is 8.10. The molecule has 1 N–H and O–H groups in total. The van der Waals surface area contributed by atoms with Gasteiger partial charge in [-0.3, -0.25) is 0 Å². The highest BCUT2D eigenvalue weighted by atomic mass is 35.5. The van der Waals surface area contributed by atoms with Crippen molar-refractivity contribution in [3.8, 4) is 5.75 Å². The molecule has 0 radical (unpaired) electrons. The summed E-state index contributed by atoms with van der Waals surface area (Å²) in [4.78, 5) is 13.6. The van der Waals surface area contributed by atoms with E-state index in [0.29, 0.717) is 30.3 Å². The first-order valence-corrected chi connectivity index (χ1v) is 8.48.